The van der Waals surface area contributed by atoms with E-state index < -0.39 is 34.0 Å². The normalized spacial score (nSPS) is 10.6. The minimum absolute atomic E-state index is 0.466. The van der Waals surface area contributed by atoms with Gasteiger partial charge in [-0.1, -0.05) is 0 Å². The Morgan fingerprint density at radius 1 is 1.57 bits per heavy atom. The number of aromatic amines is 1. The number of rotatable bonds is 2. The molecule has 0 atom stereocenters. The maximum Gasteiger partial charge on any atom is 0.271 e. The van der Waals surface area contributed by atoms with Crippen molar-refractivity contribution < 1.29 is 13.6 Å². The first-order valence-electron chi connectivity index (χ1n) is 3.44. The van der Waals surface area contributed by atoms with Gasteiger partial charge in [-0.15, -0.1) is 0 Å². The molecule has 14 heavy (non-hydrogen) atoms. The molecular weight excluding hydrogens is 218 g/mol. The van der Waals surface area contributed by atoms with Crippen LogP contribution in [-0.2, 0) is 0 Å². The van der Waals surface area contributed by atoms with Crippen molar-refractivity contribution in [3.63, 3.8) is 0 Å². The van der Waals surface area contributed by atoms with E-state index in [0.717, 1.165) is 6.20 Å². The van der Waals surface area contributed by atoms with Gasteiger partial charge in [0.1, 0.15) is 11.4 Å². The van der Waals surface area contributed by atoms with Gasteiger partial charge in [0.2, 0.25) is 5.43 Å². The fraction of sp³-hybridized carbons (Fsp3) is 0.143. The summed E-state index contributed by atoms with van der Waals surface area (Å²) >= 11 is 4.99. The standard InChI is InChI=1S/C7H5ClF2N2O2/c8-5(14)2-1-12-7(11)3(4(2)13)6(9)10/h1,6H,(H3,11,12,13). The Morgan fingerprint density at radius 2 is 2.14 bits per heavy atom. The summed E-state index contributed by atoms with van der Waals surface area (Å²) in [5, 5.41) is -1.10. The number of H-pyrrole nitrogens is 1. The lowest BCUT2D eigenvalue weighted by Crippen LogP contribution is -2.20. The van der Waals surface area contributed by atoms with Crippen molar-refractivity contribution in [1.82, 2.24) is 4.98 Å². The summed E-state index contributed by atoms with van der Waals surface area (Å²) in [4.78, 5) is 24.0. The molecule has 76 valence electrons. The molecule has 0 aliphatic rings. The van der Waals surface area contributed by atoms with Crippen molar-refractivity contribution in [2.75, 3.05) is 5.73 Å². The molecule has 0 aliphatic carbocycles. The number of nitrogens with one attached hydrogen (secondary N) is 1. The number of hydrogen-bond acceptors (Lipinski definition) is 3. The summed E-state index contributed by atoms with van der Waals surface area (Å²) in [6, 6.07) is 0. The highest BCUT2D eigenvalue weighted by atomic mass is 35.5. The molecule has 1 rings (SSSR count). The number of hydrogen-bond donors (Lipinski definition) is 2. The van der Waals surface area contributed by atoms with Crippen LogP contribution in [0.3, 0.4) is 0 Å². The van der Waals surface area contributed by atoms with E-state index in [4.69, 9.17) is 17.3 Å². The van der Waals surface area contributed by atoms with Gasteiger partial charge in [0.05, 0.1) is 5.56 Å². The van der Waals surface area contributed by atoms with Gasteiger partial charge in [-0.25, -0.2) is 8.78 Å². The highest BCUT2D eigenvalue weighted by molar-refractivity contribution is 6.67. The predicted molar refractivity (Wildman–Crippen MR) is 46.6 cm³/mol. The van der Waals surface area contributed by atoms with E-state index in [2.05, 4.69) is 4.98 Å². The van der Waals surface area contributed by atoms with Crippen LogP contribution in [0.25, 0.3) is 0 Å². The van der Waals surface area contributed by atoms with Crippen molar-refractivity contribution in [2.24, 2.45) is 0 Å². The summed E-state index contributed by atoms with van der Waals surface area (Å²) < 4.78 is 24.6. The molecule has 3 N–H and O–H groups in total. The molecule has 1 aromatic heterocycles. The lowest BCUT2D eigenvalue weighted by molar-refractivity contribution is 0.107. The van der Waals surface area contributed by atoms with Crippen LogP contribution >= 0.6 is 11.6 Å². The van der Waals surface area contributed by atoms with E-state index in [1.807, 2.05) is 0 Å². The summed E-state index contributed by atoms with van der Waals surface area (Å²) in [7, 11) is 0. The molecule has 4 nitrogen and oxygen atoms in total. The molecule has 0 amide bonds. The number of anilines is 1. The van der Waals surface area contributed by atoms with Gasteiger partial charge in [0, 0.05) is 6.20 Å². The summed E-state index contributed by atoms with van der Waals surface area (Å²) in [5.74, 6) is -0.466. The van der Waals surface area contributed by atoms with Crippen LogP contribution < -0.4 is 11.2 Å². The highest BCUT2D eigenvalue weighted by Gasteiger charge is 2.20. The van der Waals surface area contributed by atoms with Crippen LogP contribution in [0.15, 0.2) is 11.0 Å². The van der Waals surface area contributed by atoms with Crippen molar-refractivity contribution in [3.05, 3.63) is 27.5 Å². The Hall–Kier alpha value is -1.43. The Kier molecular flexibility index (Phi) is 2.85. The number of nitrogen functional groups attached to an aromatic ring is 1. The molecule has 0 aromatic carbocycles. The fourth-order valence-corrected chi connectivity index (χ4v) is 1.06. The van der Waals surface area contributed by atoms with E-state index in [9.17, 15) is 18.4 Å². The molecule has 0 aliphatic heterocycles. The van der Waals surface area contributed by atoms with Crippen LogP contribution in [-0.4, -0.2) is 10.2 Å². The predicted octanol–water partition coefficient (Wildman–Crippen LogP) is 1.27. The number of pyridine rings is 1. The number of nitrogens with two attached hydrogens (primary N) is 1. The van der Waals surface area contributed by atoms with Gasteiger partial charge in [0.15, 0.2) is 0 Å². The van der Waals surface area contributed by atoms with Gasteiger partial charge < -0.3 is 10.7 Å². The summed E-state index contributed by atoms with van der Waals surface area (Å²) in [5.41, 5.74) is 2.48. The number of alkyl halides is 2. The molecule has 7 heteroatoms. The second kappa shape index (κ2) is 3.75. The topological polar surface area (TPSA) is 76.0 Å². The fourth-order valence-electron chi connectivity index (χ4n) is 0.923. The van der Waals surface area contributed by atoms with Crippen molar-refractivity contribution in [2.45, 2.75) is 6.43 Å². The SMILES string of the molecule is Nc1[nH]cc(C(=O)Cl)c(=O)c1C(F)F. The van der Waals surface area contributed by atoms with E-state index >= 15 is 0 Å². The lowest BCUT2D eigenvalue weighted by Gasteiger charge is -2.04. The Balaban J connectivity index is 3.50. The average molecular weight is 223 g/mol. The number of halogens is 3. The first-order chi connectivity index (χ1) is 6.45. The number of carbonyl (C=O) groups excluding carboxylic acids is 1. The minimum Gasteiger partial charge on any atom is -0.385 e. The molecule has 0 fully saturated rings. The van der Waals surface area contributed by atoms with Gasteiger partial charge in [0.25, 0.3) is 11.7 Å². The van der Waals surface area contributed by atoms with Crippen LogP contribution in [0.1, 0.15) is 22.3 Å². The van der Waals surface area contributed by atoms with Crippen LogP contribution in [0.4, 0.5) is 14.6 Å². The van der Waals surface area contributed by atoms with Gasteiger partial charge in [-0.05, 0) is 11.6 Å². The molecular formula is C7H5ClF2N2O2. The second-order valence-electron chi connectivity index (χ2n) is 2.43. The van der Waals surface area contributed by atoms with E-state index in [1.165, 1.54) is 0 Å². The average Bonchev–Trinajstić information content (AvgIpc) is 2.02. The van der Waals surface area contributed by atoms with Crippen LogP contribution in [0, 0.1) is 0 Å². The zero-order valence-electron chi connectivity index (χ0n) is 6.68. The largest absolute Gasteiger partial charge is 0.385 e. The molecule has 0 saturated carbocycles. The first-order valence-corrected chi connectivity index (χ1v) is 3.82. The molecule has 0 spiro atoms. The maximum absolute atomic E-state index is 12.3. The van der Waals surface area contributed by atoms with Gasteiger partial charge in [-0.2, -0.15) is 0 Å². The van der Waals surface area contributed by atoms with Crippen LogP contribution in [0.2, 0.25) is 0 Å². The third-order valence-corrected chi connectivity index (χ3v) is 1.79. The number of carbonyl (C=O) groups is 1. The van der Waals surface area contributed by atoms with Gasteiger partial charge >= 0.3 is 0 Å². The lowest BCUT2D eigenvalue weighted by atomic mass is 10.2. The molecule has 1 aromatic rings. The van der Waals surface area contributed by atoms with Crippen molar-refractivity contribution >= 4 is 22.7 Å². The number of aromatic nitrogens is 1. The molecule has 0 bridgehead atoms. The zero-order chi connectivity index (χ0) is 10.9. The zero-order valence-corrected chi connectivity index (χ0v) is 7.44. The minimum atomic E-state index is -3.05. The molecule has 0 radical (unpaired) electrons. The Labute approximate surface area is 81.7 Å². The Bertz CT molecular complexity index is 430. The monoisotopic (exact) mass is 222 g/mol. The second-order valence-corrected chi connectivity index (χ2v) is 2.78. The Morgan fingerprint density at radius 3 is 2.57 bits per heavy atom. The van der Waals surface area contributed by atoms with E-state index in [1.54, 1.807) is 0 Å². The van der Waals surface area contributed by atoms with Crippen LogP contribution in [0.5, 0.6) is 0 Å². The third kappa shape index (κ3) is 1.74. The molecule has 0 saturated heterocycles. The first kappa shape index (κ1) is 10.6. The molecule has 1 heterocycles. The summed E-state index contributed by atoms with van der Waals surface area (Å²) in [6.07, 6.45) is -2.14. The molecule has 0 unspecified atom stereocenters. The smallest absolute Gasteiger partial charge is 0.271 e. The highest BCUT2D eigenvalue weighted by Crippen LogP contribution is 2.19. The third-order valence-electron chi connectivity index (χ3n) is 1.58. The van der Waals surface area contributed by atoms with E-state index in [-0.39, 0.29) is 0 Å². The van der Waals surface area contributed by atoms with Crippen molar-refractivity contribution in [1.29, 1.82) is 0 Å². The van der Waals surface area contributed by atoms with E-state index in [0.29, 0.717) is 0 Å². The van der Waals surface area contributed by atoms with Gasteiger partial charge in [-0.3, -0.25) is 9.59 Å². The quantitative estimate of drug-likeness (QED) is 0.740. The maximum atomic E-state index is 12.3. The van der Waals surface area contributed by atoms with Crippen molar-refractivity contribution in [3.8, 4) is 0 Å². The summed E-state index contributed by atoms with van der Waals surface area (Å²) in [6.45, 7) is 0.